The molecule has 144 valence electrons. The summed E-state index contributed by atoms with van der Waals surface area (Å²) in [6.45, 7) is 4.28. The van der Waals surface area contributed by atoms with Gasteiger partial charge in [0.15, 0.2) is 0 Å². The van der Waals surface area contributed by atoms with Crippen molar-refractivity contribution in [3.05, 3.63) is 54.4 Å². The summed E-state index contributed by atoms with van der Waals surface area (Å²) < 4.78 is 7.60. The zero-order valence-electron chi connectivity index (χ0n) is 14.7. The predicted molar refractivity (Wildman–Crippen MR) is 106 cm³/mol. The zero-order valence-corrected chi connectivity index (χ0v) is 16.4. The van der Waals surface area contributed by atoms with Crippen molar-refractivity contribution in [2.24, 2.45) is 11.7 Å². The molecule has 1 aromatic carbocycles. The van der Waals surface area contributed by atoms with Crippen molar-refractivity contribution in [1.82, 2.24) is 14.7 Å². The van der Waals surface area contributed by atoms with Crippen molar-refractivity contribution < 1.29 is 9.53 Å². The van der Waals surface area contributed by atoms with E-state index in [0.717, 1.165) is 5.56 Å². The quantitative estimate of drug-likeness (QED) is 0.835. The second-order valence-corrected chi connectivity index (χ2v) is 6.23. The summed E-state index contributed by atoms with van der Waals surface area (Å²) in [7, 11) is 0. The van der Waals surface area contributed by atoms with Crippen LogP contribution in [0.5, 0.6) is 0 Å². The van der Waals surface area contributed by atoms with Gasteiger partial charge in [-0.2, -0.15) is 5.10 Å². The van der Waals surface area contributed by atoms with E-state index in [1.165, 1.54) is 0 Å². The number of ether oxygens (including phenoxy) is 1. The van der Waals surface area contributed by atoms with E-state index in [1.54, 1.807) is 6.20 Å². The molecule has 1 aliphatic heterocycles. The van der Waals surface area contributed by atoms with Crippen LogP contribution in [-0.2, 0) is 16.1 Å². The van der Waals surface area contributed by atoms with Crippen molar-refractivity contribution in [2.45, 2.75) is 25.6 Å². The molecule has 3 unspecified atom stereocenters. The minimum absolute atomic E-state index is 0. The van der Waals surface area contributed by atoms with Gasteiger partial charge in [-0.1, -0.05) is 37.3 Å². The number of aromatic nitrogens is 2. The first-order chi connectivity index (χ1) is 11.6. The van der Waals surface area contributed by atoms with Gasteiger partial charge >= 0.3 is 0 Å². The Bertz CT molecular complexity index is 654. The molecule has 1 saturated heterocycles. The molecule has 6 nitrogen and oxygen atoms in total. The Morgan fingerprint density at radius 1 is 1.31 bits per heavy atom. The number of benzene rings is 1. The Balaban J connectivity index is 0.00000169. The third kappa shape index (κ3) is 5.45. The summed E-state index contributed by atoms with van der Waals surface area (Å²) >= 11 is 0. The fourth-order valence-corrected chi connectivity index (χ4v) is 3.05. The second-order valence-electron chi connectivity index (χ2n) is 6.23. The Hall–Kier alpha value is -1.60. The lowest BCUT2D eigenvalue weighted by molar-refractivity contribution is -0.143. The standard InChI is InChI=1S/C18H24N4O2.2ClH/c1-14(17(19)15-6-3-2-4-7-15)18(23)21-10-11-24-16(12-21)13-22-9-5-8-20-22;;/h2-9,14,16-17H,10-13,19H2,1H3;2*1H. The van der Waals surface area contributed by atoms with Crippen molar-refractivity contribution in [1.29, 1.82) is 0 Å². The van der Waals surface area contributed by atoms with Crippen LogP contribution < -0.4 is 5.73 Å². The highest BCUT2D eigenvalue weighted by molar-refractivity contribution is 5.85. The molecule has 2 aromatic rings. The third-order valence-corrected chi connectivity index (χ3v) is 4.51. The average Bonchev–Trinajstić information content (AvgIpc) is 3.14. The van der Waals surface area contributed by atoms with Crippen LogP contribution in [0.3, 0.4) is 0 Å². The van der Waals surface area contributed by atoms with Gasteiger partial charge in [0.25, 0.3) is 0 Å². The van der Waals surface area contributed by atoms with E-state index in [4.69, 9.17) is 10.5 Å². The van der Waals surface area contributed by atoms with E-state index < -0.39 is 0 Å². The van der Waals surface area contributed by atoms with Crippen molar-refractivity contribution >= 4 is 30.7 Å². The number of nitrogens with zero attached hydrogens (tertiary/aromatic N) is 3. The minimum atomic E-state index is -0.300. The molecule has 0 radical (unpaired) electrons. The number of halogens is 2. The van der Waals surface area contributed by atoms with E-state index >= 15 is 0 Å². The molecule has 2 N–H and O–H groups in total. The van der Waals surface area contributed by atoms with Gasteiger partial charge in [-0.15, -0.1) is 24.8 Å². The molecule has 1 aliphatic rings. The maximum absolute atomic E-state index is 12.8. The van der Waals surface area contributed by atoms with Gasteiger partial charge in [-0.3, -0.25) is 9.48 Å². The van der Waals surface area contributed by atoms with Crippen molar-refractivity contribution in [3.63, 3.8) is 0 Å². The number of carbonyl (C=O) groups is 1. The van der Waals surface area contributed by atoms with Gasteiger partial charge in [0.05, 0.1) is 25.2 Å². The minimum Gasteiger partial charge on any atom is -0.373 e. The molecule has 3 atom stereocenters. The second kappa shape index (κ2) is 10.5. The van der Waals surface area contributed by atoms with Crippen LogP contribution in [0.1, 0.15) is 18.5 Å². The highest BCUT2D eigenvalue weighted by atomic mass is 35.5. The highest BCUT2D eigenvalue weighted by Gasteiger charge is 2.30. The van der Waals surface area contributed by atoms with Crippen LogP contribution in [0.15, 0.2) is 48.8 Å². The van der Waals surface area contributed by atoms with Crippen molar-refractivity contribution in [2.75, 3.05) is 19.7 Å². The highest BCUT2D eigenvalue weighted by Crippen LogP contribution is 2.22. The van der Waals surface area contributed by atoms with Crippen LogP contribution in [0.25, 0.3) is 0 Å². The van der Waals surface area contributed by atoms with E-state index in [0.29, 0.717) is 26.2 Å². The lowest BCUT2D eigenvalue weighted by Crippen LogP contribution is -2.49. The maximum Gasteiger partial charge on any atom is 0.227 e. The number of hydrogen-bond donors (Lipinski definition) is 1. The van der Waals surface area contributed by atoms with E-state index in [2.05, 4.69) is 5.10 Å². The summed E-state index contributed by atoms with van der Waals surface area (Å²) in [5, 5.41) is 4.20. The molecule has 1 fully saturated rings. The van der Waals surface area contributed by atoms with Crippen LogP contribution in [0.2, 0.25) is 0 Å². The normalized spacial score (nSPS) is 19.0. The number of carbonyl (C=O) groups excluding carboxylic acids is 1. The lowest BCUT2D eigenvalue weighted by Gasteiger charge is -2.35. The Morgan fingerprint density at radius 2 is 2.04 bits per heavy atom. The van der Waals surface area contributed by atoms with E-state index in [-0.39, 0.29) is 48.8 Å². The van der Waals surface area contributed by atoms with Gasteiger partial charge < -0.3 is 15.4 Å². The molecule has 8 heteroatoms. The van der Waals surface area contributed by atoms with Crippen LogP contribution >= 0.6 is 24.8 Å². The summed E-state index contributed by atoms with van der Waals surface area (Å²) in [4.78, 5) is 14.7. The summed E-state index contributed by atoms with van der Waals surface area (Å²) in [6, 6.07) is 11.4. The Morgan fingerprint density at radius 3 is 2.69 bits per heavy atom. The molecule has 0 spiro atoms. The molecule has 1 aromatic heterocycles. The molecule has 0 bridgehead atoms. The van der Waals surface area contributed by atoms with Gasteiger partial charge in [-0.25, -0.2) is 0 Å². The zero-order chi connectivity index (χ0) is 16.9. The van der Waals surface area contributed by atoms with E-state index in [1.807, 2.05) is 59.1 Å². The molecule has 0 saturated carbocycles. The largest absolute Gasteiger partial charge is 0.373 e. The molecular weight excluding hydrogens is 375 g/mol. The average molecular weight is 401 g/mol. The summed E-state index contributed by atoms with van der Waals surface area (Å²) in [5.41, 5.74) is 7.28. The SMILES string of the molecule is CC(C(=O)N1CCOC(Cn2cccn2)C1)C(N)c1ccccc1.Cl.Cl. The number of hydrogen-bond acceptors (Lipinski definition) is 4. The molecule has 2 heterocycles. The molecule has 0 aliphatic carbocycles. The van der Waals surface area contributed by atoms with Crippen LogP contribution in [0.4, 0.5) is 0 Å². The topological polar surface area (TPSA) is 73.4 Å². The fourth-order valence-electron chi connectivity index (χ4n) is 3.05. The maximum atomic E-state index is 12.8. The van der Waals surface area contributed by atoms with Crippen LogP contribution in [0, 0.1) is 5.92 Å². The number of amides is 1. The van der Waals surface area contributed by atoms with Gasteiger partial charge in [0, 0.05) is 31.5 Å². The third-order valence-electron chi connectivity index (χ3n) is 4.51. The Labute approximate surface area is 166 Å². The first-order valence-electron chi connectivity index (χ1n) is 8.33. The van der Waals surface area contributed by atoms with Gasteiger partial charge in [-0.05, 0) is 11.6 Å². The smallest absolute Gasteiger partial charge is 0.227 e. The predicted octanol–water partition coefficient (Wildman–Crippen LogP) is 2.29. The number of rotatable bonds is 5. The molecule has 26 heavy (non-hydrogen) atoms. The number of nitrogens with two attached hydrogens (primary N) is 1. The van der Waals surface area contributed by atoms with Crippen molar-refractivity contribution in [3.8, 4) is 0 Å². The van der Waals surface area contributed by atoms with Gasteiger partial charge in [0.1, 0.15) is 0 Å². The first kappa shape index (κ1) is 22.4. The molecular formula is C18H26Cl2N4O2. The summed E-state index contributed by atoms with van der Waals surface area (Å²) in [6.07, 6.45) is 3.60. The number of morpholine rings is 1. The first-order valence-corrected chi connectivity index (χ1v) is 8.33. The van der Waals surface area contributed by atoms with E-state index in [9.17, 15) is 4.79 Å². The lowest BCUT2D eigenvalue weighted by atomic mass is 9.94. The summed E-state index contributed by atoms with van der Waals surface area (Å²) in [5.74, 6) is -0.184. The fraction of sp³-hybridized carbons (Fsp3) is 0.444. The monoisotopic (exact) mass is 400 g/mol. The molecule has 1 amide bonds. The Kier molecular flexibility index (Phi) is 9.08. The molecule has 3 rings (SSSR count). The van der Waals surface area contributed by atoms with Gasteiger partial charge in [0.2, 0.25) is 5.91 Å². The van der Waals surface area contributed by atoms with Crippen LogP contribution in [-0.4, -0.2) is 46.4 Å².